The van der Waals surface area contributed by atoms with E-state index < -0.39 is 5.82 Å². The van der Waals surface area contributed by atoms with Crippen LogP contribution in [0.25, 0.3) is 22.4 Å². The zero-order valence-corrected chi connectivity index (χ0v) is 17.2. The number of halogens is 2. The number of benzene rings is 2. The summed E-state index contributed by atoms with van der Waals surface area (Å²) in [5.41, 5.74) is 8.91. The first-order chi connectivity index (χ1) is 15.0. The highest BCUT2D eigenvalue weighted by Gasteiger charge is 2.18. The lowest BCUT2D eigenvalue weighted by molar-refractivity contribution is 0.0950. The Labute approximate surface area is 183 Å². The van der Waals surface area contributed by atoms with E-state index in [-0.39, 0.29) is 22.4 Å². The predicted octanol–water partition coefficient (Wildman–Crippen LogP) is 4.49. The van der Waals surface area contributed by atoms with Gasteiger partial charge in [-0.3, -0.25) is 4.79 Å². The summed E-state index contributed by atoms with van der Waals surface area (Å²) in [5, 5.41) is 2.87. The summed E-state index contributed by atoms with van der Waals surface area (Å²) in [6.45, 7) is 0.497. The fraction of sp³-hybridized carbons (Fsp3) is 0.0870. The van der Waals surface area contributed by atoms with E-state index in [4.69, 9.17) is 17.3 Å². The van der Waals surface area contributed by atoms with Gasteiger partial charge in [0, 0.05) is 35.6 Å². The minimum Gasteiger partial charge on any atom is -0.368 e. The van der Waals surface area contributed by atoms with E-state index in [1.165, 1.54) is 12.3 Å². The molecule has 4 aromatic rings. The van der Waals surface area contributed by atoms with Crippen molar-refractivity contribution in [3.8, 4) is 22.4 Å². The zero-order chi connectivity index (χ0) is 21.8. The minimum absolute atomic E-state index is 0.00664. The summed E-state index contributed by atoms with van der Waals surface area (Å²) in [7, 11) is 0. The molecule has 1 amide bonds. The van der Waals surface area contributed by atoms with E-state index in [0.717, 1.165) is 12.0 Å². The maximum Gasteiger partial charge on any atom is 0.267 e. The van der Waals surface area contributed by atoms with E-state index in [1.807, 2.05) is 30.3 Å². The maximum atomic E-state index is 14.6. The van der Waals surface area contributed by atoms with Crippen molar-refractivity contribution >= 4 is 23.5 Å². The lowest BCUT2D eigenvalue weighted by Crippen LogP contribution is -2.25. The number of carbonyl (C=O) groups is 1. The van der Waals surface area contributed by atoms with E-state index in [1.54, 1.807) is 24.4 Å². The number of nitrogens with zero attached hydrogens (tertiary/aromatic N) is 2. The van der Waals surface area contributed by atoms with E-state index in [9.17, 15) is 9.18 Å². The second-order valence-electron chi connectivity index (χ2n) is 6.89. The monoisotopic (exact) mass is 435 g/mol. The number of nitrogen functional groups attached to an aromatic ring is 1. The van der Waals surface area contributed by atoms with Gasteiger partial charge in [0.05, 0.1) is 10.7 Å². The lowest BCUT2D eigenvalue weighted by atomic mass is 10.0. The van der Waals surface area contributed by atoms with Crippen molar-refractivity contribution < 1.29 is 9.18 Å². The van der Waals surface area contributed by atoms with Crippen LogP contribution in [0.5, 0.6) is 0 Å². The van der Waals surface area contributed by atoms with Crippen LogP contribution in [0, 0.1) is 5.82 Å². The van der Waals surface area contributed by atoms with Crippen molar-refractivity contribution in [1.82, 2.24) is 20.3 Å². The molecule has 156 valence electrons. The van der Waals surface area contributed by atoms with Crippen LogP contribution < -0.4 is 11.1 Å². The third-order valence-corrected chi connectivity index (χ3v) is 5.08. The Morgan fingerprint density at radius 2 is 1.94 bits per heavy atom. The van der Waals surface area contributed by atoms with Gasteiger partial charge < -0.3 is 16.0 Å². The number of carbonyl (C=O) groups excluding carboxylic acids is 1. The first kappa shape index (κ1) is 20.6. The summed E-state index contributed by atoms with van der Waals surface area (Å²) in [6.07, 6.45) is 3.79. The molecule has 0 aliphatic heterocycles. The number of anilines is 1. The molecule has 0 unspecified atom stereocenters. The second-order valence-corrected chi connectivity index (χ2v) is 7.29. The van der Waals surface area contributed by atoms with Crippen molar-refractivity contribution in [3.63, 3.8) is 0 Å². The topological polar surface area (TPSA) is 96.7 Å². The number of aromatic amines is 1. The Morgan fingerprint density at radius 1 is 1.13 bits per heavy atom. The third-order valence-electron chi connectivity index (χ3n) is 4.79. The van der Waals surface area contributed by atoms with Crippen LogP contribution in [0.4, 0.5) is 10.3 Å². The highest BCUT2D eigenvalue weighted by atomic mass is 35.5. The molecule has 31 heavy (non-hydrogen) atoms. The van der Waals surface area contributed by atoms with Crippen LogP contribution in [-0.2, 0) is 6.42 Å². The normalized spacial score (nSPS) is 10.8. The molecule has 0 saturated heterocycles. The van der Waals surface area contributed by atoms with Gasteiger partial charge in [-0.2, -0.15) is 0 Å². The molecule has 0 fully saturated rings. The molecule has 4 N–H and O–H groups in total. The Balaban J connectivity index is 1.57. The number of H-pyrrole nitrogens is 1. The number of nitrogens with two attached hydrogens (primary N) is 1. The second kappa shape index (κ2) is 8.97. The fourth-order valence-electron chi connectivity index (χ4n) is 3.25. The third kappa shape index (κ3) is 4.57. The van der Waals surface area contributed by atoms with Crippen LogP contribution in [0.2, 0.25) is 5.02 Å². The Hall–Kier alpha value is -3.71. The highest BCUT2D eigenvalue weighted by molar-refractivity contribution is 6.31. The fourth-order valence-corrected chi connectivity index (χ4v) is 3.42. The van der Waals surface area contributed by atoms with Gasteiger partial charge in [0.2, 0.25) is 5.95 Å². The summed E-state index contributed by atoms with van der Waals surface area (Å²) in [6, 6.07) is 16.2. The van der Waals surface area contributed by atoms with Crippen LogP contribution in [0.1, 0.15) is 16.1 Å². The summed E-state index contributed by atoms with van der Waals surface area (Å²) in [5.74, 6) is -0.788. The molecule has 0 atom stereocenters. The largest absolute Gasteiger partial charge is 0.368 e. The van der Waals surface area contributed by atoms with Crippen molar-refractivity contribution in [2.45, 2.75) is 6.42 Å². The predicted molar refractivity (Wildman–Crippen MR) is 119 cm³/mol. The smallest absolute Gasteiger partial charge is 0.267 e. The Morgan fingerprint density at radius 3 is 2.74 bits per heavy atom. The number of rotatable bonds is 6. The molecule has 2 heterocycles. The summed E-state index contributed by atoms with van der Waals surface area (Å²) in [4.78, 5) is 23.7. The van der Waals surface area contributed by atoms with Crippen LogP contribution in [-0.4, -0.2) is 27.4 Å². The SMILES string of the molecule is Nc1ncc(-c2cccc(Cl)c2F)c(-c2c[nH]c(C(=O)NCCc3ccccc3)c2)n1. The molecule has 8 heteroatoms. The number of amides is 1. The van der Waals surface area contributed by atoms with Gasteiger partial charge in [0.1, 0.15) is 11.5 Å². The first-order valence-electron chi connectivity index (χ1n) is 9.60. The molecule has 0 saturated carbocycles. The molecule has 4 rings (SSSR count). The van der Waals surface area contributed by atoms with Crippen LogP contribution >= 0.6 is 11.6 Å². The van der Waals surface area contributed by atoms with E-state index >= 15 is 0 Å². The van der Waals surface area contributed by atoms with Gasteiger partial charge in [0.25, 0.3) is 5.91 Å². The first-order valence-corrected chi connectivity index (χ1v) is 9.98. The van der Waals surface area contributed by atoms with Gasteiger partial charge in [-0.1, -0.05) is 54.1 Å². The van der Waals surface area contributed by atoms with Crippen molar-refractivity contribution in [1.29, 1.82) is 0 Å². The van der Waals surface area contributed by atoms with Crippen molar-refractivity contribution in [2.75, 3.05) is 12.3 Å². The summed E-state index contributed by atoms with van der Waals surface area (Å²) >= 11 is 5.93. The number of hydrogen-bond acceptors (Lipinski definition) is 4. The van der Waals surface area contributed by atoms with E-state index in [2.05, 4.69) is 20.3 Å². The molecule has 0 bridgehead atoms. The maximum absolute atomic E-state index is 14.6. The average molecular weight is 436 g/mol. The molecule has 0 aliphatic carbocycles. The van der Waals surface area contributed by atoms with Gasteiger partial charge in [0.15, 0.2) is 0 Å². The minimum atomic E-state index is -0.576. The molecule has 2 aromatic carbocycles. The molecule has 6 nitrogen and oxygen atoms in total. The standard InChI is InChI=1S/C23H19ClFN5O/c24-18-8-4-7-16(20(18)25)17-13-29-23(26)30-21(17)15-11-19(28-12-15)22(31)27-10-9-14-5-2-1-3-6-14/h1-8,11-13,28H,9-10H2,(H,27,31)(H2,26,29,30). The highest BCUT2D eigenvalue weighted by Crippen LogP contribution is 2.34. The number of hydrogen-bond donors (Lipinski definition) is 3. The summed E-state index contributed by atoms with van der Waals surface area (Å²) < 4.78 is 14.6. The number of nitrogens with one attached hydrogen (secondary N) is 2. The molecule has 0 aliphatic rings. The van der Waals surface area contributed by atoms with Gasteiger partial charge >= 0.3 is 0 Å². The van der Waals surface area contributed by atoms with E-state index in [0.29, 0.717) is 29.1 Å². The number of aromatic nitrogens is 3. The van der Waals surface area contributed by atoms with Crippen LogP contribution in [0.3, 0.4) is 0 Å². The van der Waals surface area contributed by atoms with Gasteiger partial charge in [-0.25, -0.2) is 14.4 Å². The lowest BCUT2D eigenvalue weighted by Gasteiger charge is -2.09. The van der Waals surface area contributed by atoms with Crippen LogP contribution in [0.15, 0.2) is 67.0 Å². The molecular weight excluding hydrogens is 417 g/mol. The molecule has 2 aromatic heterocycles. The van der Waals surface area contributed by atoms with Crippen molar-refractivity contribution in [2.24, 2.45) is 0 Å². The molecule has 0 spiro atoms. The van der Waals surface area contributed by atoms with Gasteiger partial charge in [-0.05, 0) is 24.1 Å². The Kier molecular flexibility index (Phi) is 5.95. The van der Waals surface area contributed by atoms with Crippen molar-refractivity contribution in [3.05, 3.63) is 89.1 Å². The quantitative estimate of drug-likeness (QED) is 0.416. The average Bonchev–Trinajstić information content (AvgIpc) is 3.27. The zero-order valence-electron chi connectivity index (χ0n) is 16.4. The Bertz CT molecular complexity index is 1230. The van der Waals surface area contributed by atoms with Gasteiger partial charge in [-0.15, -0.1) is 0 Å². The molecule has 0 radical (unpaired) electrons. The molecular formula is C23H19ClFN5O.